The maximum Gasteiger partial charge on any atom is 0.337 e. The summed E-state index contributed by atoms with van der Waals surface area (Å²) in [7, 11) is 2.30. The van der Waals surface area contributed by atoms with Crippen LogP contribution < -0.4 is 0 Å². The molecule has 0 heterocycles. The Morgan fingerprint density at radius 2 is 1.28 bits per heavy atom. The second kappa shape index (κ2) is 9.96. The normalized spacial score (nSPS) is 20.2. The minimum atomic E-state index is -2.02. The topological polar surface area (TPSA) is 120 Å². The van der Waals surface area contributed by atoms with E-state index in [2.05, 4.69) is 12.1 Å². The van der Waals surface area contributed by atoms with Gasteiger partial charge in [0.05, 0.1) is 37.8 Å². The first-order chi connectivity index (χ1) is 18.9. The molecule has 7 nitrogen and oxygen atoms in total. The largest absolute Gasteiger partial charge is 0.511 e. The van der Waals surface area contributed by atoms with Crippen molar-refractivity contribution in [3.63, 3.8) is 0 Å². The molecule has 0 amide bonds. The van der Waals surface area contributed by atoms with E-state index in [-0.39, 0.29) is 5.57 Å². The Morgan fingerprint density at radius 3 is 1.82 bits per heavy atom. The zero-order valence-electron chi connectivity index (χ0n) is 21.3. The summed E-state index contributed by atoms with van der Waals surface area (Å²) in [4.78, 5) is 26.7. The summed E-state index contributed by atoms with van der Waals surface area (Å²) in [5.74, 6) is -6.35. The minimum Gasteiger partial charge on any atom is -0.511 e. The summed E-state index contributed by atoms with van der Waals surface area (Å²) < 4.78 is 10.1. The van der Waals surface area contributed by atoms with Crippen molar-refractivity contribution in [2.24, 2.45) is 11.3 Å². The number of methoxy groups -OCH3 is 2. The number of nitriles is 2. The number of rotatable bonds is 4. The van der Waals surface area contributed by atoms with Crippen LogP contribution in [-0.2, 0) is 19.1 Å². The van der Waals surface area contributed by atoms with Crippen LogP contribution in [0.3, 0.4) is 0 Å². The lowest BCUT2D eigenvalue weighted by Crippen LogP contribution is -2.47. The number of fused-ring (bicyclic) bond motifs is 2. The van der Waals surface area contributed by atoms with Gasteiger partial charge in [-0.2, -0.15) is 10.5 Å². The van der Waals surface area contributed by atoms with Crippen LogP contribution in [0.2, 0.25) is 0 Å². The molecule has 39 heavy (non-hydrogen) atoms. The van der Waals surface area contributed by atoms with Crippen molar-refractivity contribution < 1.29 is 24.2 Å². The fraction of sp³-hybridized carbons (Fsp3) is 0.188. The first-order valence-electron chi connectivity index (χ1n) is 12.3. The monoisotopic (exact) mass is 516 g/mol. The lowest BCUT2D eigenvalue weighted by molar-refractivity contribution is -0.147. The zero-order valence-corrected chi connectivity index (χ0v) is 21.3. The number of benzene rings is 4. The fourth-order valence-corrected chi connectivity index (χ4v) is 5.99. The van der Waals surface area contributed by atoms with Gasteiger partial charge in [0.2, 0.25) is 0 Å². The molecule has 3 atom stereocenters. The highest BCUT2D eigenvalue weighted by molar-refractivity contribution is 5.97. The highest BCUT2D eigenvalue weighted by atomic mass is 16.5. The third-order valence-corrected chi connectivity index (χ3v) is 7.66. The Hall–Kier alpha value is -5.14. The van der Waals surface area contributed by atoms with Crippen molar-refractivity contribution in [2.75, 3.05) is 14.2 Å². The predicted molar refractivity (Wildman–Crippen MR) is 144 cm³/mol. The summed E-state index contributed by atoms with van der Waals surface area (Å²) in [6, 6.07) is 30.0. The van der Waals surface area contributed by atoms with Crippen molar-refractivity contribution in [3.8, 4) is 12.1 Å². The van der Waals surface area contributed by atoms with Gasteiger partial charge in [-0.1, -0.05) is 84.9 Å². The molecule has 0 saturated heterocycles. The second-order valence-corrected chi connectivity index (χ2v) is 9.43. The molecule has 1 aliphatic carbocycles. The van der Waals surface area contributed by atoms with Crippen LogP contribution in [0.5, 0.6) is 0 Å². The Kier molecular flexibility index (Phi) is 6.52. The van der Waals surface area contributed by atoms with Gasteiger partial charge < -0.3 is 14.6 Å². The van der Waals surface area contributed by atoms with Gasteiger partial charge in [-0.3, -0.25) is 4.79 Å². The van der Waals surface area contributed by atoms with E-state index in [4.69, 9.17) is 9.47 Å². The van der Waals surface area contributed by atoms with Gasteiger partial charge >= 0.3 is 11.9 Å². The van der Waals surface area contributed by atoms with Crippen molar-refractivity contribution in [1.82, 2.24) is 0 Å². The van der Waals surface area contributed by atoms with E-state index >= 15 is 0 Å². The molecule has 0 fully saturated rings. The molecule has 0 aliphatic heterocycles. The second-order valence-electron chi connectivity index (χ2n) is 9.43. The number of aliphatic hydroxyl groups excluding tert-OH is 1. The smallest absolute Gasteiger partial charge is 0.337 e. The van der Waals surface area contributed by atoms with Crippen molar-refractivity contribution in [3.05, 3.63) is 107 Å². The molecule has 5 rings (SSSR count). The number of ether oxygens (including phenoxy) is 2. The molecule has 0 saturated carbocycles. The third kappa shape index (κ3) is 3.79. The third-order valence-electron chi connectivity index (χ3n) is 7.66. The number of esters is 2. The number of aliphatic hydroxyl groups is 1. The van der Waals surface area contributed by atoms with Crippen LogP contribution in [0, 0.1) is 34.0 Å². The molecule has 0 bridgehead atoms. The molecule has 0 aromatic heterocycles. The quantitative estimate of drug-likeness (QED) is 0.346. The maximum atomic E-state index is 13.3. The van der Waals surface area contributed by atoms with Crippen LogP contribution >= 0.6 is 0 Å². The maximum absolute atomic E-state index is 13.3. The Balaban J connectivity index is 1.97. The van der Waals surface area contributed by atoms with Crippen molar-refractivity contribution in [2.45, 2.75) is 11.8 Å². The van der Waals surface area contributed by atoms with Crippen LogP contribution in [-0.4, -0.2) is 31.3 Å². The van der Waals surface area contributed by atoms with E-state index in [0.717, 1.165) is 25.0 Å². The lowest BCUT2D eigenvalue weighted by Gasteiger charge is -2.44. The van der Waals surface area contributed by atoms with Crippen LogP contribution in [0.4, 0.5) is 0 Å². The SMILES string of the molecule is COC(=O)C1=C(O)[C@H](C(=O)OC)[C@@H](c2cccc3ccccc23)C(C#N)(C#N)[C@@H]1c1cccc2ccccc12. The Bertz CT molecular complexity index is 1720. The summed E-state index contributed by atoms with van der Waals surface area (Å²) in [5.41, 5.74) is -1.35. The molecular weight excluding hydrogens is 492 g/mol. The van der Waals surface area contributed by atoms with Crippen molar-refractivity contribution in [1.29, 1.82) is 10.5 Å². The molecule has 0 radical (unpaired) electrons. The summed E-state index contributed by atoms with van der Waals surface area (Å²) in [6.07, 6.45) is 0. The van der Waals surface area contributed by atoms with Crippen LogP contribution in [0.25, 0.3) is 21.5 Å². The summed E-state index contributed by atoms with van der Waals surface area (Å²) in [5, 5.41) is 36.6. The van der Waals surface area contributed by atoms with E-state index in [9.17, 15) is 25.2 Å². The number of carbonyl (C=O) groups is 2. The fourth-order valence-electron chi connectivity index (χ4n) is 5.99. The van der Waals surface area contributed by atoms with E-state index in [0.29, 0.717) is 21.9 Å². The van der Waals surface area contributed by atoms with Gasteiger partial charge in [-0.05, 0) is 32.7 Å². The molecule has 4 aromatic carbocycles. The summed E-state index contributed by atoms with van der Waals surface area (Å²) in [6.45, 7) is 0. The standard InChI is InChI=1S/C32H24N2O5/c1-38-30(36)25-27(23-15-7-11-19-9-3-5-13-21(19)23)32(17-33,18-34)28(26(29(25)35)31(37)39-2)24-16-8-12-20-10-4-6-14-22(20)24/h3-16,25,27-28,35H,1-2H3/t25-,27-,28-/m1/s1. The number of hydrogen-bond donors (Lipinski definition) is 1. The molecule has 192 valence electrons. The van der Waals surface area contributed by atoms with E-state index < -0.39 is 40.9 Å². The van der Waals surface area contributed by atoms with E-state index in [1.165, 1.54) is 0 Å². The average molecular weight is 517 g/mol. The predicted octanol–water partition coefficient (Wildman–Crippen LogP) is 5.68. The van der Waals surface area contributed by atoms with Gasteiger partial charge in [0.25, 0.3) is 0 Å². The first-order valence-corrected chi connectivity index (χ1v) is 12.3. The van der Waals surface area contributed by atoms with Gasteiger partial charge in [0, 0.05) is 5.92 Å². The van der Waals surface area contributed by atoms with Crippen LogP contribution in [0.1, 0.15) is 23.0 Å². The Morgan fingerprint density at radius 1 is 0.769 bits per heavy atom. The van der Waals surface area contributed by atoms with Gasteiger partial charge in [-0.25, -0.2) is 4.79 Å². The summed E-state index contributed by atoms with van der Waals surface area (Å²) >= 11 is 0. The average Bonchev–Trinajstić information content (AvgIpc) is 2.99. The number of hydrogen-bond acceptors (Lipinski definition) is 7. The molecule has 7 heteroatoms. The molecule has 0 spiro atoms. The molecular formula is C32H24N2O5. The molecule has 0 unspecified atom stereocenters. The van der Waals surface area contributed by atoms with E-state index in [1.807, 2.05) is 60.7 Å². The van der Waals surface area contributed by atoms with Gasteiger partial charge in [0.15, 0.2) is 5.41 Å². The molecule has 4 aromatic rings. The molecule has 1 N–H and O–H groups in total. The van der Waals surface area contributed by atoms with Crippen LogP contribution in [0.15, 0.2) is 96.3 Å². The van der Waals surface area contributed by atoms with Crippen molar-refractivity contribution >= 4 is 33.5 Å². The van der Waals surface area contributed by atoms with Gasteiger partial charge in [-0.15, -0.1) is 0 Å². The molecule has 1 aliphatic rings. The zero-order chi connectivity index (χ0) is 27.7. The minimum absolute atomic E-state index is 0.316. The lowest BCUT2D eigenvalue weighted by atomic mass is 9.53. The van der Waals surface area contributed by atoms with Gasteiger partial charge in [0.1, 0.15) is 11.7 Å². The number of carbonyl (C=O) groups excluding carboxylic acids is 2. The first kappa shape index (κ1) is 25.5. The number of nitrogens with zero attached hydrogens (tertiary/aromatic N) is 2. The van der Waals surface area contributed by atoms with E-state index in [1.54, 1.807) is 24.3 Å². The highest BCUT2D eigenvalue weighted by Crippen LogP contribution is 2.60. The Labute approximate surface area is 225 Å². The highest BCUT2D eigenvalue weighted by Gasteiger charge is 2.62.